The molecule has 4 atom stereocenters. The number of carboxylic acid groups (broad SMARTS) is 1. The Bertz CT molecular complexity index is 569. The van der Waals surface area contributed by atoms with Crippen LogP contribution in [0.5, 0.6) is 0 Å². The second kappa shape index (κ2) is 5.69. The molecule has 5 heteroatoms. The van der Waals surface area contributed by atoms with Gasteiger partial charge in [-0.1, -0.05) is 42.5 Å². The molecule has 0 aliphatic heterocycles. The van der Waals surface area contributed by atoms with Crippen LogP contribution in [-0.4, -0.2) is 17.0 Å². The van der Waals surface area contributed by atoms with Gasteiger partial charge in [0.15, 0.2) is 0 Å². The predicted molar refractivity (Wildman–Crippen MR) is 74.7 cm³/mol. The van der Waals surface area contributed by atoms with E-state index in [2.05, 4.69) is 5.48 Å². The van der Waals surface area contributed by atoms with Crippen molar-refractivity contribution in [3.05, 3.63) is 48.0 Å². The van der Waals surface area contributed by atoms with Crippen LogP contribution in [0.25, 0.3) is 0 Å². The largest absolute Gasteiger partial charge is 0.481 e. The number of carboxylic acids is 1. The van der Waals surface area contributed by atoms with Crippen LogP contribution in [0.2, 0.25) is 0 Å². The number of hydrogen-bond acceptors (Lipinski definition) is 3. The van der Waals surface area contributed by atoms with Crippen molar-refractivity contribution in [3.63, 3.8) is 0 Å². The molecule has 0 heterocycles. The number of allylic oxidation sites excluding steroid dienone is 2. The zero-order valence-corrected chi connectivity index (χ0v) is 11.4. The van der Waals surface area contributed by atoms with Crippen LogP contribution in [0, 0.1) is 23.7 Å². The zero-order valence-electron chi connectivity index (χ0n) is 11.4. The Hall–Kier alpha value is -2.14. The molecule has 1 aromatic carbocycles. The first kappa shape index (κ1) is 13.8. The fourth-order valence-electron chi connectivity index (χ4n) is 3.35. The Kier molecular flexibility index (Phi) is 3.75. The Morgan fingerprint density at radius 2 is 1.81 bits per heavy atom. The number of benzene rings is 1. The first-order chi connectivity index (χ1) is 10.2. The fourth-order valence-corrected chi connectivity index (χ4v) is 3.35. The Balaban J connectivity index is 1.58. The fraction of sp³-hybridized carbons (Fsp3) is 0.375. The highest BCUT2D eigenvalue weighted by Crippen LogP contribution is 2.48. The van der Waals surface area contributed by atoms with Gasteiger partial charge in [0.25, 0.3) is 0 Å². The van der Waals surface area contributed by atoms with E-state index in [1.54, 1.807) is 0 Å². The molecule has 2 aliphatic carbocycles. The highest BCUT2D eigenvalue weighted by Gasteiger charge is 2.51. The summed E-state index contributed by atoms with van der Waals surface area (Å²) < 4.78 is 0. The number of carbonyl (C=O) groups is 2. The van der Waals surface area contributed by atoms with E-state index in [0.29, 0.717) is 0 Å². The number of nitrogens with one attached hydrogen (secondary N) is 1. The Morgan fingerprint density at radius 3 is 2.48 bits per heavy atom. The van der Waals surface area contributed by atoms with Crippen molar-refractivity contribution < 1.29 is 19.5 Å². The molecule has 2 bridgehead atoms. The molecule has 21 heavy (non-hydrogen) atoms. The second-order valence-corrected chi connectivity index (χ2v) is 5.58. The van der Waals surface area contributed by atoms with Gasteiger partial charge in [-0.25, -0.2) is 5.48 Å². The van der Waals surface area contributed by atoms with Crippen LogP contribution in [0.3, 0.4) is 0 Å². The van der Waals surface area contributed by atoms with Gasteiger partial charge in [0, 0.05) is 0 Å². The normalized spacial score (nSPS) is 29.5. The number of rotatable bonds is 5. The maximum Gasteiger partial charge on any atom is 0.307 e. The Labute approximate surface area is 122 Å². The van der Waals surface area contributed by atoms with E-state index in [9.17, 15) is 14.7 Å². The molecule has 0 saturated heterocycles. The lowest BCUT2D eigenvalue weighted by Gasteiger charge is -2.23. The summed E-state index contributed by atoms with van der Waals surface area (Å²) in [5.41, 5.74) is 3.35. The van der Waals surface area contributed by atoms with Crippen molar-refractivity contribution in [2.24, 2.45) is 23.7 Å². The number of amides is 1. The molecule has 2 unspecified atom stereocenters. The first-order valence-electron chi connectivity index (χ1n) is 7.03. The van der Waals surface area contributed by atoms with Gasteiger partial charge in [0.05, 0.1) is 18.4 Å². The van der Waals surface area contributed by atoms with Crippen molar-refractivity contribution in [1.29, 1.82) is 0 Å². The summed E-state index contributed by atoms with van der Waals surface area (Å²) in [4.78, 5) is 28.8. The molecular weight excluding hydrogens is 270 g/mol. The van der Waals surface area contributed by atoms with E-state index in [1.807, 2.05) is 42.5 Å². The molecule has 0 radical (unpaired) electrons. The van der Waals surface area contributed by atoms with Gasteiger partial charge in [-0.2, -0.15) is 0 Å². The minimum Gasteiger partial charge on any atom is -0.481 e. The summed E-state index contributed by atoms with van der Waals surface area (Å²) in [6.07, 6.45) is 4.61. The highest BCUT2D eigenvalue weighted by molar-refractivity contribution is 5.86. The smallest absolute Gasteiger partial charge is 0.307 e. The van der Waals surface area contributed by atoms with E-state index in [-0.39, 0.29) is 24.3 Å². The lowest BCUT2D eigenvalue weighted by atomic mass is 9.82. The molecule has 1 amide bonds. The van der Waals surface area contributed by atoms with Crippen LogP contribution < -0.4 is 5.48 Å². The van der Waals surface area contributed by atoms with Crippen LogP contribution in [0.1, 0.15) is 12.0 Å². The average Bonchev–Trinajstić information content (AvgIpc) is 3.08. The molecule has 2 N–H and O–H groups in total. The van der Waals surface area contributed by atoms with Gasteiger partial charge in [-0.05, 0) is 23.8 Å². The summed E-state index contributed by atoms with van der Waals surface area (Å²) >= 11 is 0. The van der Waals surface area contributed by atoms with Crippen LogP contribution >= 0.6 is 0 Å². The van der Waals surface area contributed by atoms with Crippen molar-refractivity contribution in [2.45, 2.75) is 13.0 Å². The Morgan fingerprint density at radius 1 is 1.14 bits per heavy atom. The number of fused-ring (bicyclic) bond motifs is 2. The van der Waals surface area contributed by atoms with Gasteiger partial charge < -0.3 is 5.11 Å². The first-order valence-corrected chi connectivity index (χ1v) is 7.03. The molecule has 1 aromatic rings. The van der Waals surface area contributed by atoms with Crippen molar-refractivity contribution in [1.82, 2.24) is 5.48 Å². The molecule has 110 valence electrons. The summed E-state index contributed by atoms with van der Waals surface area (Å²) in [6.45, 7) is 0.265. The van der Waals surface area contributed by atoms with Gasteiger partial charge in [0.2, 0.25) is 5.91 Å². The van der Waals surface area contributed by atoms with E-state index in [1.165, 1.54) is 0 Å². The minimum atomic E-state index is -0.907. The van der Waals surface area contributed by atoms with Crippen LogP contribution in [-0.2, 0) is 21.0 Å². The van der Waals surface area contributed by atoms with E-state index >= 15 is 0 Å². The van der Waals surface area contributed by atoms with Gasteiger partial charge in [-0.3, -0.25) is 14.4 Å². The van der Waals surface area contributed by atoms with E-state index < -0.39 is 17.8 Å². The molecule has 0 aromatic heterocycles. The highest BCUT2D eigenvalue weighted by atomic mass is 16.6. The number of carbonyl (C=O) groups excluding carboxylic acids is 1. The van der Waals surface area contributed by atoms with Crippen LogP contribution in [0.15, 0.2) is 42.5 Å². The van der Waals surface area contributed by atoms with E-state index in [0.717, 1.165) is 12.0 Å². The lowest BCUT2D eigenvalue weighted by molar-refractivity contribution is -0.152. The average molecular weight is 287 g/mol. The lowest BCUT2D eigenvalue weighted by Crippen LogP contribution is -2.40. The maximum atomic E-state index is 12.2. The van der Waals surface area contributed by atoms with Crippen molar-refractivity contribution >= 4 is 11.9 Å². The SMILES string of the molecule is O=C(O)[C@@H]1C2C=CC(C2)[C@@H]1C(=O)NOCc1ccccc1. The van der Waals surface area contributed by atoms with Crippen LogP contribution in [0.4, 0.5) is 0 Å². The molecule has 1 saturated carbocycles. The number of aliphatic carboxylic acids is 1. The minimum absolute atomic E-state index is 0.0106. The molecule has 1 fully saturated rings. The van der Waals surface area contributed by atoms with Gasteiger partial charge >= 0.3 is 5.97 Å². The molecule has 3 rings (SSSR count). The molecule has 0 spiro atoms. The topological polar surface area (TPSA) is 75.6 Å². The summed E-state index contributed by atoms with van der Waals surface area (Å²) in [5.74, 6) is -2.44. The summed E-state index contributed by atoms with van der Waals surface area (Å²) in [7, 11) is 0. The number of hydroxylamine groups is 1. The van der Waals surface area contributed by atoms with Crippen molar-refractivity contribution in [3.8, 4) is 0 Å². The maximum absolute atomic E-state index is 12.2. The van der Waals surface area contributed by atoms with Crippen molar-refractivity contribution in [2.75, 3.05) is 0 Å². The third-order valence-corrected chi connectivity index (χ3v) is 4.30. The van der Waals surface area contributed by atoms with Gasteiger partial charge in [-0.15, -0.1) is 0 Å². The third-order valence-electron chi connectivity index (χ3n) is 4.30. The summed E-state index contributed by atoms with van der Waals surface area (Å²) in [5, 5.41) is 9.30. The molecular formula is C16H17NO4. The summed E-state index contributed by atoms with van der Waals surface area (Å²) in [6, 6.07) is 9.48. The molecule has 5 nitrogen and oxygen atoms in total. The quantitative estimate of drug-likeness (QED) is 0.639. The molecule has 2 aliphatic rings. The standard InChI is InChI=1S/C16H17NO4/c18-15(17-21-9-10-4-2-1-3-5-10)13-11-6-7-12(8-11)14(13)16(19)20/h1-7,11-14H,8-9H2,(H,17,18)(H,19,20)/t11?,12?,13-,14+/m0/s1. The van der Waals surface area contributed by atoms with Gasteiger partial charge in [0.1, 0.15) is 0 Å². The monoisotopic (exact) mass is 287 g/mol. The zero-order chi connectivity index (χ0) is 14.8. The predicted octanol–water partition coefficient (Wildman–Crippen LogP) is 1.76. The van der Waals surface area contributed by atoms with E-state index in [4.69, 9.17) is 4.84 Å². The third kappa shape index (κ3) is 2.69. The number of hydrogen-bond donors (Lipinski definition) is 2. The second-order valence-electron chi connectivity index (χ2n) is 5.58.